The Kier molecular flexibility index (Phi) is 6.86. The molecule has 0 aliphatic heterocycles. The van der Waals surface area contributed by atoms with Crippen molar-refractivity contribution in [3.05, 3.63) is 118 Å². The van der Waals surface area contributed by atoms with Crippen LogP contribution in [0.2, 0.25) is 0 Å². The predicted octanol–water partition coefficient (Wildman–Crippen LogP) is 7.01. The minimum absolute atomic E-state index is 0.285. The molecular formula is C27H22BrN3O2. The molecule has 0 radical (unpaired) electrons. The molecular weight excluding hydrogens is 478 g/mol. The summed E-state index contributed by atoms with van der Waals surface area (Å²) < 4.78 is 0.853. The summed E-state index contributed by atoms with van der Waals surface area (Å²) >= 11 is 3.45. The molecule has 0 unspecified atom stereocenters. The summed E-state index contributed by atoms with van der Waals surface area (Å²) in [7, 11) is 0. The Labute approximate surface area is 201 Å². The normalized spacial score (nSPS) is 10.4. The van der Waals surface area contributed by atoms with Gasteiger partial charge in [-0.15, -0.1) is 0 Å². The molecule has 5 nitrogen and oxygen atoms in total. The highest BCUT2D eigenvalue weighted by atomic mass is 79.9. The van der Waals surface area contributed by atoms with E-state index in [1.807, 2.05) is 67.6 Å². The summed E-state index contributed by atoms with van der Waals surface area (Å²) in [5.74, 6) is -0.591. The molecule has 0 heterocycles. The lowest BCUT2D eigenvalue weighted by Gasteiger charge is -2.13. The van der Waals surface area contributed by atoms with Gasteiger partial charge in [0.25, 0.3) is 11.8 Å². The van der Waals surface area contributed by atoms with Crippen LogP contribution in [0.1, 0.15) is 26.3 Å². The molecule has 0 fully saturated rings. The Balaban J connectivity index is 1.45. The molecule has 0 spiro atoms. The lowest BCUT2D eigenvalue weighted by molar-refractivity contribution is 0.102. The number of carbonyl (C=O) groups excluding carboxylic acids is 2. The first-order valence-electron chi connectivity index (χ1n) is 10.4. The first kappa shape index (κ1) is 22.3. The molecule has 164 valence electrons. The zero-order valence-corrected chi connectivity index (χ0v) is 19.5. The Hall–Kier alpha value is -3.90. The second kappa shape index (κ2) is 10.1. The summed E-state index contributed by atoms with van der Waals surface area (Å²) in [4.78, 5) is 25.7. The van der Waals surface area contributed by atoms with E-state index >= 15 is 0 Å². The Morgan fingerprint density at radius 1 is 0.667 bits per heavy atom. The Morgan fingerprint density at radius 2 is 1.30 bits per heavy atom. The predicted molar refractivity (Wildman–Crippen MR) is 137 cm³/mol. The number of hydrogen-bond donors (Lipinski definition) is 3. The quantitative estimate of drug-likeness (QED) is 0.267. The summed E-state index contributed by atoms with van der Waals surface area (Å²) in [6.07, 6.45) is 0. The van der Waals surface area contributed by atoms with E-state index in [4.69, 9.17) is 0 Å². The van der Waals surface area contributed by atoms with Crippen LogP contribution >= 0.6 is 15.9 Å². The number of anilines is 4. The highest BCUT2D eigenvalue weighted by Gasteiger charge is 2.15. The molecule has 33 heavy (non-hydrogen) atoms. The standard InChI is InChI=1S/C27H22BrN3O2/c1-18-11-12-19(17-24(18)28)26(32)31-25-10-6-5-9-23(25)27(33)30-22-15-13-21(14-16-22)29-20-7-3-2-4-8-20/h2-17,29H,1H3,(H,30,33)(H,31,32). The number of nitrogens with one attached hydrogen (secondary N) is 3. The van der Waals surface area contributed by atoms with Crippen molar-refractivity contribution in [2.24, 2.45) is 0 Å². The molecule has 2 amide bonds. The van der Waals surface area contributed by atoms with Crippen molar-refractivity contribution in [2.75, 3.05) is 16.0 Å². The lowest BCUT2D eigenvalue weighted by atomic mass is 10.1. The molecule has 0 aliphatic carbocycles. The van der Waals surface area contributed by atoms with Gasteiger partial charge in [0.1, 0.15) is 0 Å². The van der Waals surface area contributed by atoms with Gasteiger partial charge in [-0.2, -0.15) is 0 Å². The van der Waals surface area contributed by atoms with Crippen molar-refractivity contribution in [1.29, 1.82) is 0 Å². The highest BCUT2D eigenvalue weighted by Crippen LogP contribution is 2.22. The third kappa shape index (κ3) is 5.67. The number of amides is 2. The van der Waals surface area contributed by atoms with Gasteiger partial charge >= 0.3 is 0 Å². The number of aryl methyl sites for hydroxylation is 1. The van der Waals surface area contributed by atoms with Gasteiger partial charge in [0, 0.05) is 27.1 Å². The molecule has 0 aromatic heterocycles. The van der Waals surface area contributed by atoms with Crippen LogP contribution < -0.4 is 16.0 Å². The zero-order chi connectivity index (χ0) is 23.2. The van der Waals surface area contributed by atoms with E-state index in [0.29, 0.717) is 22.5 Å². The van der Waals surface area contributed by atoms with Gasteiger partial charge in [-0.25, -0.2) is 0 Å². The number of carbonyl (C=O) groups is 2. The van der Waals surface area contributed by atoms with Gasteiger partial charge in [0.15, 0.2) is 0 Å². The SMILES string of the molecule is Cc1ccc(C(=O)Nc2ccccc2C(=O)Nc2ccc(Nc3ccccc3)cc2)cc1Br. The minimum Gasteiger partial charge on any atom is -0.356 e. The number of hydrogen-bond acceptors (Lipinski definition) is 3. The molecule has 0 atom stereocenters. The summed E-state index contributed by atoms with van der Waals surface area (Å²) in [5.41, 5.74) is 4.92. The zero-order valence-electron chi connectivity index (χ0n) is 17.9. The summed E-state index contributed by atoms with van der Waals surface area (Å²) in [6, 6.07) is 29.6. The van der Waals surface area contributed by atoms with Gasteiger partial charge in [-0.05, 0) is 73.2 Å². The van der Waals surface area contributed by atoms with E-state index in [-0.39, 0.29) is 11.8 Å². The average molecular weight is 500 g/mol. The smallest absolute Gasteiger partial charge is 0.257 e. The summed E-state index contributed by atoms with van der Waals surface area (Å²) in [6.45, 7) is 1.95. The maximum atomic E-state index is 12.9. The maximum absolute atomic E-state index is 12.9. The van der Waals surface area contributed by atoms with Crippen LogP contribution in [0, 0.1) is 6.92 Å². The molecule has 0 saturated carbocycles. The van der Waals surface area contributed by atoms with Crippen molar-refractivity contribution >= 4 is 50.5 Å². The van der Waals surface area contributed by atoms with Crippen molar-refractivity contribution in [3.8, 4) is 0 Å². The van der Waals surface area contributed by atoms with Crippen LogP contribution in [0.3, 0.4) is 0 Å². The number of rotatable bonds is 6. The van der Waals surface area contributed by atoms with Gasteiger partial charge in [0.2, 0.25) is 0 Å². The lowest BCUT2D eigenvalue weighted by Crippen LogP contribution is -2.18. The fourth-order valence-corrected chi connectivity index (χ4v) is 3.62. The van der Waals surface area contributed by atoms with E-state index in [2.05, 4.69) is 31.9 Å². The van der Waals surface area contributed by atoms with Crippen molar-refractivity contribution in [3.63, 3.8) is 0 Å². The van der Waals surface area contributed by atoms with Crippen LogP contribution in [0.4, 0.5) is 22.7 Å². The first-order valence-corrected chi connectivity index (χ1v) is 11.2. The number of para-hydroxylation sites is 2. The molecule has 0 bridgehead atoms. The van der Waals surface area contributed by atoms with E-state index in [1.165, 1.54) is 0 Å². The van der Waals surface area contributed by atoms with Crippen LogP contribution in [0.15, 0.2) is 102 Å². The molecule has 4 aromatic rings. The number of halogens is 1. The fraction of sp³-hybridized carbons (Fsp3) is 0.0370. The van der Waals surface area contributed by atoms with Crippen LogP contribution in [-0.2, 0) is 0 Å². The molecule has 3 N–H and O–H groups in total. The second-order valence-electron chi connectivity index (χ2n) is 7.49. The van der Waals surface area contributed by atoms with Crippen molar-refractivity contribution in [2.45, 2.75) is 6.92 Å². The van der Waals surface area contributed by atoms with Gasteiger partial charge in [0.05, 0.1) is 11.3 Å². The second-order valence-corrected chi connectivity index (χ2v) is 8.34. The molecule has 6 heteroatoms. The monoisotopic (exact) mass is 499 g/mol. The Morgan fingerprint density at radius 3 is 2.03 bits per heavy atom. The van der Waals surface area contributed by atoms with Gasteiger partial charge < -0.3 is 16.0 Å². The van der Waals surface area contributed by atoms with E-state index in [0.717, 1.165) is 21.4 Å². The maximum Gasteiger partial charge on any atom is 0.257 e. The average Bonchev–Trinajstić information content (AvgIpc) is 2.83. The van der Waals surface area contributed by atoms with E-state index in [9.17, 15) is 9.59 Å². The van der Waals surface area contributed by atoms with Crippen molar-refractivity contribution in [1.82, 2.24) is 0 Å². The topological polar surface area (TPSA) is 70.2 Å². The minimum atomic E-state index is -0.306. The van der Waals surface area contributed by atoms with Crippen LogP contribution in [0.5, 0.6) is 0 Å². The first-order chi connectivity index (χ1) is 16.0. The van der Waals surface area contributed by atoms with Crippen LogP contribution in [-0.4, -0.2) is 11.8 Å². The van der Waals surface area contributed by atoms with E-state index in [1.54, 1.807) is 36.4 Å². The third-order valence-electron chi connectivity index (χ3n) is 5.06. The van der Waals surface area contributed by atoms with Crippen LogP contribution in [0.25, 0.3) is 0 Å². The Bertz CT molecular complexity index is 1290. The van der Waals surface area contributed by atoms with Gasteiger partial charge in [-0.3, -0.25) is 9.59 Å². The largest absolute Gasteiger partial charge is 0.356 e. The van der Waals surface area contributed by atoms with Gasteiger partial charge in [-0.1, -0.05) is 52.3 Å². The highest BCUT2D eigenvalue weighted by molar-refractivity contribution is 9.10. The number of benzene rings is 4. The summed E-state index contributed by atoms with van der Waals surface area (Å²) in [5, 5.41) is 9.05. The fourth-order valence-electron chi connectivity index (χ4n) is 3.24. The molecule has 0 aliphatic rings. The third-order valence-corrected chi connectivity index (χ3v) is 5.91. The molecule has 0 saturated heterocycles. The van der Waals surface area contributed by atoms with Crippen molar-refractivity contribution < 1.29 is 9.59 Å². The molecule has 4 aromatic carbocycles. The van der Waals surface area contributed by atoms with E-state index < -0.39 is 0 Å². The molecule has 4 rings (SSSR count).